The third-order valence-corrected chi connectivity index (χ3v) is 7.03. The Hall–Kier alpha value is -3.63. The molecular weight excluding hydrogens is 448 g/mol. The lowest BCUT2D eigenvalue weighted by molar-refractivity contribution is 0.0916. The van der Waals surface area contributed by atoms with Crippen molar-refractivity contribution < 1.29 is 17.9 Å². The van der Waals surface area contributed by atoms with Crippen LogP contribution in [-0.4, -0.2) is 46.1 Å². The average Bonchev–Trinajstić information content (AvgIpc) is 2.82. The maximum absolute atomic E-state index is 13.3. The first-order valence-corrected chi connectivity index (χ1v) is 12.8. The normalized spacial score (nSPS) is 15.3. The highest BCUT2D eigenvalue weighted by Gasteiger charge is 2.30. The minimum atomic E-state index is -3.24. The number of hydrogen-bond donors (Lipinski definition) is 0. The summed E-state index contributed by atoms with van der Waals surface area (Å²) in [5.41, 5.74) is 4.31. The van der Waals surface area contributed by atoms with E-state index < -0.39 is 9.84 Å². The first kappa shape index (κ1) is 23.5. The van der Waals surface area contributed by atoms with E-state index in [0.29, 0.717) is 30.8 Å². The average molecular weight is 475 g/mol. The standard InChI is InChI=1S/C27H26N2O4S/c1-29-18-22(15-21-7-10-23(11-8-21)34(3,31)32)27(30)24-16-19(9-12-25(24)29)5-4-6-20-13-14-28-26(17-20)33-2/h7-14,16-17,22H,6,15,18H2,1-3H3. The van der Waals surface area contributed by atoms with Gasteiger partial charge < -0.3 is 9.64 Å². The largest absolute Gasteiger partial charge is 0.481 e. The molecule has 0 bridgehead atoms. The van der Waals surface area contributed by atoms with Crippen LogP contribution < -0.4 is 9.64 Å². The van der Waals surface area contributed by atoms with Crippen molar-refractivity contribution in [2.75, 3.05) is 31.9 Å². The van der Waals surface area contributed by atoms with Gasteiger partial charge in [-0.3, -0.25) is 4.79 Å². The van der Waals surface area contributed by atoms with Gasteiger partial charge in [0.15, 0.2) is 15.6 Å². The van der Waals surface area contributed by atoms with Gasteiger partial charge in [-0.15, -0.1) is 0 Å². The molecule has 3 aromatic rings. The summed E-state index contributed by atoms with van der Waals surface area (Å²) in [5.74, 6) is 6.75. The number of Topliss-reactive ketones (excluding diaryl/α,β-unsaturated/α-hetero) is 1. The highest BCUT2D eigenvalue weighted by atomic mass is 32.2. The second-order valence-electron chi connectivity index (χ2n) is 8.48. The van der Waals surface area contributed by atoms with E-state index >= 15 is 0 Å². The molecule has 1 aliphatic rings. The van der Waals surface area contributed by atoms with E-state index in [2.05, 4.69) is 21.7 Å². The van der Waals surface area contributed by atoms with Crippen molar-refractivity contribution in [3.8, 4) is 17.7 Å². The number of nitrogens with zero attached hydrogens (tertiary/aromatic N) is 2. The molecule has 174 valence electrons. The number of methoxy groups -OCH3 is 1. The van der Waals surface area contributed by atoms with Gasteiger partial charge in [-0.1, -0.05) is 24.0 Å². The Morgan fingerprint density at radius 1 is 1.09 bits per heavy atom. The maximum atomic E-state index is 13.3. The minimum Gasteiger partial charge on any atom is -0.481 e. The van der Waals surface area contributed by atoms with E-state index in [1.807, 2.05) is 37.4 Å². The van der Waals surface area contributed by atoms with Gasteiger partial charge in [0.25, 0.3) is 0 Å². The Bertz CT molecular complexity index is 1390. The van der Waals surface area contributed by atoms with Gasteiger partial charge in [-0.05, 0) is 53.9 Å². The van der Waals surface area contributed by atoms with Gasteiger partial charge in [0.05, 0.1) is 12.0 Å². The molecule has 0 N–H and O–H groups in total. The van der Waals surface area contributed by atoms with Gasteiger partial charge in [-0.25, -0.2) is 13.4 Å². The summed E-state index contributed by atoms with van der Waals surface area (Å²) in [6.45, 7) is 0.606. The molecule has 0 radical (unpaired) electrons. The van der Waals surface area contributed by atoms with Crippen molar-refractivity contribution in [2.24, 2.45) is 5.92 Å². The van der Waals surface area contributed by atoms with Gasteiger partial charge in [0, 0.05) is 61.3 Å². The van der Waals surface area contributed by atoms with Gasteiger partial charge in [0.1, 0.15) is 0 Å². The summed E-state index contributed by atoms with van der Waals surface area (Å²) < 4.78 is 28.6. The number of hydrogen-bond acceptors (Lipinski definition) is 6. The van der Waals surface area contributed by atoms with Gasteiger partial charge in [0.2, 0.25) is 5.88 Å². The predicted molar refractivity (Wildman–Crippen MR) is 132 cm³/mol. The van der Waals surface area contributed by atoms with Crippen LogP contribution in [0.25, 0.3) is 0 Å². The molecule has 6 nitrogen and oxygen atoms in total. The number of benzene rings is 2. The Balaban J connectivity index is 1.51. The molecule has 1 aliphatic heterocycles. The first-order chi connectivity index (χ1) is 16.2. The van der Waals surface area contributed by atoms with Crippen molar-refractivity contribution >= 4 is 21.3 Å². The first-order valence-electron chi connectivity index (χ1n) is 10.9. The van der Waals surface area contributed by atoms with Crippen molar-refractivity contribution in [3.05, 3.63) is 83.0 Å². The highest BCUT2D eigenvalue weighted by molar-refractivity contribution is 7.90. The van der Waals surface area contributed by atoms with E-state index in [0.717, 1.165) is 22.4 Å². The maximum Gasteiger partial charge on any atom is 0.213 e. The molecule has 2 heterocycles. The topological polar surface area (TPSA) is 76.6 Å². The summed E-state index contributed by atoms with van der Waals surface area (Å²) in [4.78, 5) is 19.8. The van der Waals surface area contributed by atoms with E-state index in [1.54, 1.807) is 37.6 Å². The van der Waals surface area contributed by atoms with Crippen LogP contribution in [0.3, 0.4) is 0 Å². The predicted octanol–water partition coefficient (Wildman–Crippen LogP) is 3.58. The van der Waals surface area contributed by atoms with Crippen molar-refractivity contribution in [1.29, 1.82) is 0 Å². The molecule has 0 spiro atoms. The van der Waals surface area contributed by atoms with Crippen LogP contribution in [0.5, 0.6) is 5.88 Å². The number of carbonyl (C=O) groups excluding carboxylic acids is 1. The number of fused-ring (bicyclic) bond motifs is 1. The summed E-state index contributed by atoms with van der Waals surface area (Å²) in [5, 5.41) is 0. The Labute approximate surface area is 200 Å². The molecule has 0 aliphatic carbocycles. The summed E-state index contributed by atoms with van der Waals surface area (Å²) in [6, 6.07) is 16.3. The number of pyridine rings is 1. The van der Waals surface area contributed by atoms with Crippen LogP contribution in [0, 0.1) is 17.8 Å². The Kier molecular flexibility index (Phi) is 6.71. The summed E-state index contributed by atoms with van der Waals surface area (Å²) in [7, 11) is 0.316. The fourth-order valence-corrected chi connectivity index (χ4v) is 4.74. The molecule has 1 atom stereocenters. The second kappa shape index (κ2) is 9.70. The van der Waals surface area contributed by atoms with Crippen LogP contribution in [0.1, 0.15) is 27.0 Å². The number of ether oxygens (including phenoxy) is 1. The Morgan fingerprint density at radius 2 is 1.85 bits per heavy atom. The Morgan fingerprint density at radius 3 is 2.56 bits per heavy atom. The van der Waals surface area contributed by atoms with E-state index in [1.165, 1.54) is 6.26 Å². The second-order valence-corrected chi connectivity index (χ2v) is 10.5. The molecule has 0 saturated heterocycles. The molecule has 1 aromatic heterocycles. The zero-order chi connectivity index (χ0) is 24.3. The SMILES string of the molecule is COc1cc(CC#Cc2ccc3c(c2)C(=O)C(Cc2ccc(S(C)(=O)=O)cc2)CN3C)ccn1. The highest BCUT2D eigenvalue weighted by Crippen LogP contribution is 2.31. The van der Waals surface area contributed by atoms with E-state index in [-0.39, 0.29) is 16.6 Å². The molecule has 7 heteroatoms. The fourth-order valence-electron chi connectivity index (χ4n) is 4.11. The number of aromatic nitrogens is 1. The third kappa shape index (κ3) is 5.29. The molecule has 0 fully saturated rings. The molecule has 34 heavy (non-hydrogen) atoms. The zero-order valence-electron chi connectivity index (χ0n) is 19.4. The molecular formula is C27H26N2O4S. The monoisotopic (exact) mass is 474 g/mol. The van der Waals surface area contributed by atoms with Crippen LogP contribution in [-0.2, 0) is 22.7 Å². The fraction of sp³-hybridized carbons (Fsp3) is 0.259. The third-order valence-electron chi connectivity index (χ3n) is 5.91. The van der Waals surface area contributed by atoms with Crippen LogP contribution >= 0.6 is 0 Å². The molecule has 0 amide bonds. The lowest BCUT2D eigenvalue weighted by atomic mass is 9.86. The van der Waals surface area contributed by atoms with Gasteiger partial charge in [-0.2, -0.15) is 0 Å². The number of ketones is 1. The number of rotatable bonds is 5. The quantitative estimate of drug-likeness (QED) is 0.526. The number of anilines is 1. The number of sulfone groups is 1. The number of carbonyl (C=O) groups is 1. The van der Waals surface area contributed by atoms with E-state index in [9.17, 15) is 13.2 Å². The molecule has 2 aromatic carbocycles. The van der Waals surface area contributed by atoms with Crippen molar-refractivity contribution in [2.45, 2.75) is 17.7 Å². The minimum absolute atomic E-state index is 0.0859. The molecule has 1 unspecified atom stereocenters. The smallest absolute Gasteiger partial charge is 0.213 e. The van der Waals surface area contributed by atoms with E-state index in [4.69, 9.17) is 4.74 Å². The lowest BCUT2D eigenvalue weighted by Gasteiger charge is -2.32. The van der Waals surface area contributed by atoms with Crippen molar-refractivity contribution in [3.63, 3.8) is 0 Å². The molecule has 4 rings (SSSR count). The molecule has 0 saturated carbocycles. The lowest BCUT2D eigenvalue weighted by Crippen LogP contribution is -2.37. The zero-order valence-corrected chi connectivity index (χ0v) is 20.2. The summed E-state index contributed by atoms with van der Waals surface area (Å²) in [6.07, 6.45) is 3.98. The van der Waals surface area contributed by atoms with Gasteiger partial charge >= 0.3 is 0 Å². The van der Waals surface area contributed by atoms with Crippen LogP contribution in [0.2, 0.25) is 0 Å². The van der Waals surface area contributed by atoms with Crippen LogP contribution in [0.15, 0.2) is 65.7 Å². The van der Waals surface area contributed by atoms with Crippen molar-refractivity contribution in [1.82, 2.24) is 4.98 Å². The summed E-state index contributed by atoms with van der Waals surface area (Å²) >= 11 is 0. The van der Waals surface area contributed by atoms with Crippen LogP contribution in [0.4, 0.5) is 5.69 Å².